The molecule has 2 N–H and O–H groups in total. The maximum atomic E-state index is 12.2. The molecule has 0 aliphatic carbocycles. The Balaban J connectivity index is 1.87. The number of unbranched alkanes of at least 4 members (excludes halogenated alkanes) is 6. The fourth-order valence-corrected chi connectivity index (χ4v) is 3.26. The average molecular weight is 323 g/mol. The Kier molecular flexibility index (Phi) is 6.24. The van der Waals surface area contributed by atoms with Crippen LogP contribution in [-0.4, -0.2) is 60.5 Å². The number of carbonyl (C=O) groups excluding carboxylic acids is 2. The summed E-state index contributed by atoms with van der Waals surface area (Å²) in [6, 6.07) is -0.756. The van der Waals surface area contributed by atoms with Crippen molar-refractivity contribution in [1.29, 1.82) is 0 Å². The molecule has 2 aliphatic rings. The first-order valence-corrected chi connectivity index (χ1v) is 8.67. The molecule has 7 heteroatoms. The van der Waals surface area contributed by atoms with Gasteiger partial charge in [-0.1, -0.05) is 45.4 Å². The highest BCUT2D eigenvalue weighted by Gasteiger charge is 2.49. The second kappa shape index (κ2) is 8.17. The van der Waals surface area contributed by atoms with Gasteiger partial charge in [0.05, 0.1) is 0 Å². The molecular weight excluding hydrogens is 294 g/mol. The molecule has 2 atom stereocenters. The zero-order valence-corrected chi connectivity index (χ0v) is 14.5. The van der Waals surface area contributed by atoms with Crippen molar-refractivity contribution in [2.45, 2.75) is 64.1 Å². The van der Waals surface area contributed by atoms with Crippen LogP contribution in [0.3, 0.4) is 0 Å². The number of carbonyl (C=O) groups is 2. The molecule has 2 saturated heterocycles. The molecule has 2 heterocycles. The van der Waals surface area contributed by atoms with Gasteiger partial charge >= 0.3 is 6.03 Å². The van der Waals surface area contributed by atoms with Crippen LogP contribution in [-0.2, 0) is 4.79 Å². The van der Waals surface area contributed by atoms with Crippen LogP contribution in [0.15, 0.2) is 4.99 Å². The van der Waals surface area contributed by atoms with E-state index in [1.807, 2.05) is 4.90 Å². The topological polar surface area (TPSA) is 77.0 Å². The molecule has 0 spiro atoms. The summed E-state index contributed by atoms with van der Waals surface area (Å²) in [6.07, 6.45) is 8.26. The number of guanidine groups is 1. The monoisotopic (exact) mass is 323 g/mol. The minimum Gasteiger partial charge on any atom is -0.334 e. The third-order valence-electron chi connectivity index (χ3n) is 4.63. The number of rotatable bonds is 8. The Morgan fingerprint density at radius 2 is 1.74 bits per heavy atom. The number of fused-ring (bicyclic) bond motifs is 1. The summed E-state index contributed by atoms with van der Waals surface area (Å²) in [5, 5.41) is 5.60. The molecule has 3 amide bonds. The second-order valence-electron chi connectivity index (χ2n) is 6.30. The van der Waals surface area contributed by atoms with Crippen molar-refractivity contribution in [3.63, 3.8) is 0 Å². The van der Waals surface area contributed by atoms with Crippen LogP contribution in [0.5, 0.6) is 0 Å². The summed E-state index contributed by atoms with van der Waals surface area (Å²) < 4.78 is 0. The number of likely N-dealkylation sites (N-methyl/N-ethyl adjacent to an activating group) is 1. The highest BCUT2D eigenvalue weighted by atomic mass is 16.2. The number of nitrogens with one attached hydrogen (secondary N) is 2. The van der Waals surface area contributed by atoms with E-state index in [4.69, 9.17) is 0 Å². The zero-order valence-electron chi connectivity index (χ0n) is 14.5. The minimum atomic E-state index is -0.392. The average Bonchev–Trinajstić information content (AvgIpc) is 2.91. The fraction of sp³-hybridized carbons (Fsp3) is 0.812. The molecule has 0 aromatic rings. The lowest BCUT2D eigenvalue weighted by Crippen LogP contribution is -2.64. The fourth-order valence-electron chi connectivity index (χ4n) is 3.26. The van der Waals surface area contributed by atoms with Crippen LogP contribution in [0.25, 0.3) is 0 Å². The first kappa shape index (κ1) is 17.6. The van der Waals surface area contributed by atoms with Crippen LogP contribution in [0.2, 0.25) is 0 Å². The van der Waals surface area contributed by atoms with Crippen molar-refractivity contribution < 1.29 is 9.59 Å². The Bertz CT molecular complexity index is 465. The standard InChI is InChI=1S/C16H29N5O2/c1-4-5-6-7-8-9-10-11-21-12-13(18-15(21)17-2)20(3)16(23)19-14(12)22/h12-13H,4-11H2,1-3H3,(H,17,18)(H,19,22,23). The smallest absolute Gasteiger partial charge is 0.325 e. The molecule has 130 valence electrons. The molecule has 2 aliphatic heterocycles. The normalized spacial score (nSPS) is 25.6. The van der Waals surface area contributed by atoms with E-state index >= 15 is 0 Å². The highest BCUT2D eigenvalue weighted by molar-refractivity contribution is 6.04. The molecule has 0 radical (unpaired) electrons. The first-order valence-electron chi connectivity index (χ1n) is 8.67. The molecule has 0 aromatic carbocycles. The van der Waals surface area contributed by atoms with E-state index in [0.29, 0.717) is 5.96 Å². The Labute approximate surface area is 138 Å². The van der Waals surface area contributed by atoms with Crippen molar-refractivity contribution in [3.8, 4) is 0 Å². The first-order chi connectivity index (χ1) is 11.1. The van der Waals surface area contributed by atoms with E-state index in [1.54, 1.807) is 14.1 Å². The Morgan fingerprint density at radius 1 is 1.09 bits per heavy atom. The molecule has 0 bridgehead atoms. The number of hydrogen-bond donors (Lipinski definition) is 2. The van der Waals surface area contributed by atoms with Crippen molar-refractivity contribution in [3.05, 3.63) is 0 Å². The number of urea groups is 1. The van der Waals surface area contributed by atoms with Crippen LogP contribution in [0.1, 0.15) is 51.9 Å². The van der Waals surface area contributed by atoms with E-state index < -0.39 is 6.04 Å². The third-order valence-corrected chi connectivity index (χ3v) is 4.63. The molecule has 2 unspecified atom stereocenters. The third kappa shape index (κ3) is 3.95. The van der Waals surface area contributed by atoms with Gasteiger partial charge in [-0.2, -0.15) is 0 Å². The molecule has 2 fully saturated rings. The van der Waals surface area contributed by atoms with Gasteiger partial charge in [-0.25, -0.2) is 4.79 Å². The summed E-state index contributed by atoms with van der Waals surface area (Å²) in [6.45, 7) is 3.00. The molecule has 0 aromatic heterocycles. The maximum absolute atomic E-state index is 12.2. The summed E-state index contributed by atoms with van der Waals surface area (Å²) in [4.78, 5) is 31.7. The van der Waals surface area contributed by atoms with Gasteiger partial charge in [0.2, 0.25) is 0 Å². The van der Waals surface area contributed by atoms with Gasteiger partial charge in [0.15, 0.2) is 12.0 Å². The molecule has 23 heavy (non-hydrogen) atoms. The van der Waals surface area contributed by atoms with Gasteiger partial charge in [-0.3, -0.25) is 15.1 Å². The predicted octanol–water partition coefficient (Wildman–Crippen LogP) is 1.50. The zero-order chi connectivity index (χ0) is 16.8. The number of hydrogen-bond acceptors (Lipinski definition) is 3. The van der Waals surface area contributed by atoms with Crippen molar-refractivity contribution >= 4 is 17.9 Å². The van der Waals surface area contributed by atoms with Gasteiger partial charge in [0.25, 0.3) is 5.91 Å². The second-order valence-corrected chi connectivity index (χ2v) is 6.30. The number of amides is 3. The Morgan fingerprint density at radius 3 is 2.39 bits per heavy atom. The lowest BCUT2D eigenvalue weighted by Gasteiger charge is -2.35. The summed E-state index contributed by atoms with van der Waals surface area (Å²) in [7, 11) is 3.40. The van der Waals surface area contributed by atoms with Crippen LogP contribution in [0, 0.1) is 0 Å². The van der Waals surface area contributed by atoms with Crippen molar-refractivity contribution in [2.24, 2.45) is 4.99 Å². The van der Waals surface area contributed by atoms with Gasteiger partial charge in [0, 0.05) is 20.6 Å². The van der Waals surface area contributed by atoms with Crippen molar-refractivity contribution in [2.75, 3.05) is 20.6 Å². The highest BCUT2D eigenvalue weighted by Crippen LogP contribution is 2.21. The van der Waals surface area contributed by atoms with Gasteiger partial charge in [-0.05, 0) is 6.42 Å². The van der Waals surface area contributed by atoms with E-state index in [0.717, 1.165) is 19.4 Å². The molecular formula is C16H29N5O2. The quantitative estimate of drug-likeness (QED) is 0.664. The largest absolute Gasteiger partial charge is 0.334 e. The van der Waals surface area contributed by atoms with E-state index in [1.165, 1.54) is 37.0 Å². The van der Waals surface area contributed by atoms with E-state index in [2.05, 4.69) is 22.5 Å². The van der Waals surface area contributed by atoms with Crippen LogP contribution in [0.4, 0.5) is 4.79 Å². The van der Waals surface area contributed by atoms with Crippen LogP contribution < -0.4 is 10.6 Å². The molecule has 0 saturated carbocycles. The molecule has 7 nitrogen and oxygen atoms in total. The van der Waals surface area contributed by atoms with E-state index in [9.17, 15) is 9.59 Å². The van der Waals surface area contributed by atoms with Crippen molar-refractivity contribution in [1.82, 2.24) is 20.4 Å². The summed E-state index contributed by atoms with van der Waals surface area (Å²) in [5.74, 6) is 0.454. The lowest BCUT2D eigenvalue weighted by atomic mass is 10.1. The SMILES string of the molecule is CCCCCCCCCN1C(=NC)NC2C1C(=O)NC(=O)N2C. The number of nitrogens with zero attached hydrogens (tertiary/aromatic N) is 3. The summed E-state index contributed by atoms with van der Waals surface area (Å²) in [5.41, 5.74) is 0. The summed E-state index contributed by atoms with van der Waals surface area (Å²) >= 11 is 0. The molecule has 2 rings (SSSR count). The Hall–Kier alpha value is -1.79. The number of imide groups is 1. The van der Waals surface area contributed by atoms with Gasteiger partial charge in [-0.15, -0.1) is 0 Å². The van der Waals surface area contributed by atoms with E-state index in [-0.39, 0.29) is 18.1 Å². The predicted molar refractivity (Wildman–Crippen MR) is 90.1 cm³/mol. The number of aliphatic imine (C=N–C) groups is 1. The minimum absolute atomic E-state index is 0.243. The lowest BCUT2D eigenvalue weighted by molar-refractivity contribution is -0.127. The van der Waals surface area contributed by atoms with Gasteiger partial charge in [0.1, 0.15) is 6.17 Å². The van der Waals surface area contributed by atoms with Crippen LogP contribution >= 0.6 is 0 Å². The van der Waals surface area contributed by atoms with Gasteiger partial charge < -0.3 is 15.1 Å². The maximum Gasteiger partial charge on any atom is 0.325 e.